The highest BCUT2D eigenvalue weighted by molar-refractivity contribution is 8.15. The van der Waals surface area contributed by atoms with Gasteiger partial charge in [0.25, 0.3) is 0 Å². The molecule has 1 heterocycles. The summed E-state index contributed by atoms with van der Waals surface area (Å²) < 4.78 is 24.1. The average molecular weight is 552 g/mol. The van der Waals surface area contributed by atoms with Crippen LogP contribution in [0.3, 0.4) is 0 Å². The molecule has 2 amide bonds. The molecule has 3 aromatic rings. The van der Waals surface area contributed by atoms with Crippen molar-refractivity contribution in [3.8, 4) is 11.5 Å². The first-order chi connectivity index (χ1) is 18.8. The van der Waals surface area contributed by atoms with Crippen molar-refractivity contribution in [2.45, 2.75) is 18.1 Å². The van der Waals surface area contributed by atoms with Gasteiger partial charge in [-0.15, -0.1) is 0 Å². The Labute approximate surface area is 228 Å². The molecule has 39 heavy (non-hydrogen) atoms. The molecule has 3 aromatic carbocycles. The smallest absolute Gasteiger partial charge is 0.335 e. The number of methoxy groups -OCH3 is 2. The molecule has 202 valence electrons. The van der Waals surface area contributed by atoms with Gasteiger partial charge in [-0.2, -0.15) is 0 Å². The lowest BCUT2D eigenvalue weighted by Crippen LogP contribution is -2.46. The molecule has 2 N–H and O–H groups in total. The van der Waals surface area contributed by atoms with E-state index in [1.54, 1.807) is 20.3 Å². The Bertz CT molecular complexity index is 1400. The maximum atomic E-state index is 13.4. The standard InChI is InChI=1S/C28H26FN3O6S/c1-37-22-12-3-17(15-23(22)38-2)13-14-32-25(33)16-24(39-28(32)31-21-10-6-19(29)7-11-21)26(34)30-20-8-4-18(5-9-20)27(35)36/h3-12,15,24H,13-14,16H2,1-2H3,(H,30,34)(H,35,36). The number of carbonyl (C=O) groups is 3. The molecule has 0 radical (unpaired) electrons. The number of ether oxygens (including phenoxy) is 2. The maximum absolute atomic E-state index is 13.4. The molecule has 0 saturated carbocycles. The van der Waals surface area contributed by atoms with Crippen LogP contribution in [0.1, 0.15) is 22.3 Å². The highest BCUT2D eigenvalue weighted by Gasteiger charge is 2.36. The Morgan fingerprint density at radius 1 is 1.05 bits per heavy atom. The summed E-state index contributed by atoms with van der Waals surface area (Å²) in [6, 6.07) is 16.8. The number of nitrogens with zero attached hydrogens (tertiary/aromatic N) is 2. The monoisotopic (exact) mass is 551 g/mol. The van der Waals surface area contributed by atoms with Crippen LogP contribution in [0.4, 0.5) is 15.8 Å². The molecule has 9 nitrogen and oxygen atoms in total. The van der Waals surface area contributed by atoms with Gasteiger partial charge in [-0.25, -0.2) is 14.2 Å². The number of hydrogen-bond acceptors (Lipinski definition) is 7. The van der Waals surface area contributed by atoms with E-state index in [1.165, 1.54) is 53.4 Å². The van der Waals surface area contributed by atoms with Crippen LogP contribution in [0, 0.1) is 5.82 Å². The molecule has 0 aromatic heterocycles. The summed E-state index contributed by atoms with van der Waals surface area (Å²) in [7, 11) is 3.10. The van der Waals surface area contributed by atoms with Crippen LogP contribution in [0.25, 0.3) is 0 Å². The Morgan fingerprint density at radius 2 is 1.74 bits per heavy atom. The van der Waals surface area contributed by atoms with E-state index in [-0.39, 0.29) is 17.9 Å². The summed E-state index contributed by atoms with van der Waals surface area (Å²) in [6.07, 6.45) is 0.431. The minimum Gasteiger partial charge on any atom is -0.493 e. The normalized spacial score (nSPS) is 16.2. The third-order valence-electron chi connectivity index (χ3n) is 5.95. The topological polar surface area (TPSA) is 118 Å². The summed E-state index contributed by atoms with van der Waals surface area (Å²) >= 11 is 1.14. The van der Waals surface area contributed by atoms with Crippen LogP contribution in [0.15, 0.2) is 71.7 Å². The largest absolute Gasteiger partial charge is 0.493 e. The molecule has 1 saturated heterocycles. The Hall–Kier alpha value is -4.38. The SMILES string of the molecule is COc1ccc(CCN2C(=O)CC(C(=O)Nc3ccc(C(=O)O)cc3)SC2=Nc2ccc(F)cc2)cc1OC. The molecule has 1 aliphatic heterocycles. The number of amides is 2. The number of aromatic carboxylic acids is 1. The number of benzene rings is 3. The lowest BCUT2D eigenvalue weighted by molar-refractivity contribution is -0.129. The van der Waals surface area contributed by atoms with Crippen molar-refractivity contribution in [2.75, 3.05) is 26.1 Å². The molecular formula is C28H26FN3O6S. The minimum atomic E-state index is -1.07. The maximum Gasteiger partial charge on any atom is 0.335 e. The van der Waals surface area contributed by atoms with Crippen molar-refractivity contribution in [3.63, 3.8) is 0 Å². The van der Waals surface area contributed by atoms with Crippen LogP contribution in [-0.4, -0.2) is 59.0 Å². The van der Waals surface area contributed by atoms with E-state index in [4.69, 9.17) is 14.6 Å². The van der Waals surface area contributed by atoms with Gasteiger partial charge in [-0.05, 0) is 72.6 Å². The van der Waals surface area contributed by atoms with Gasteiger partial charge in [0.15, 0.2) is 16.7 Å². The Morgan fingerprint density at radius 3 is 2.38 bits per heavy atom. The zero-order chi connectivity index (χ0) is 27.9. The first kappa shape index (κ1) is 27.6. The van der Waals surface area contributed by atoms with Gasteiger partial charge in [0.05, 0.1) is 25.5 Å². The minimum absolute atomic E-state index is 0.0575. The quantitative estimate of drug-likeness (QED) is 0.394. The van der Waals surface area contributed by atoms with Gasteiger partial charge < -0.3 is 19.9 Å². The number of carboxylic acids is 1. The van der Waals surface area contributed by atoms with E-state index in [9.17, 15) is 18.8 Å². The van der Waals surface area contributed by atoms with Crippen LogP contribution in [0.2, 0.25) is 0 Å². The van der Waals surface area contributed by atoms with Crippen molar-refractivity contribution in [1.82, 2.24) is 4.90 Å². The van der Waals surface area contributed by atoms with Crippen molar-refractivity contribution in [2.24, 2.45) is 4.99 Å². The van der Waals surface area contributed by atoms with Crippen molar-refractivity contribution in [1.29, 1.82) is 0 Å². The highest BCUT2D eigenvalue weighted by Crippen LogP contribution is 2.31. The fraction of sp³-hybridized carbons (Fsp3) is 0.214. The average Bonchev–Trinajstić information content (AvgIpc) is 2.93. The van der Waals surface area contributed by atoms with Crippen LogP contribution < -0.4 is 14.8 Å². The number of carboxylic acid groups (broad SMARTS) is 1. The van der Waals surface area contributed by atoms with E-state index in [0.29, 0.717) is 41.0 Å². The van der Waals surface area contributed by atoms with E-state index >= 15 is 0 Å². The summed E-state index contributed by atoms with van der Waals surface area (Å²) in [4.78, 5) is 43.5. The Balaban J connectivity index is 1.54. The second-order valence-electron chi connectivity index (χ2n) is 8.54. The number of halogens is 1. The summed E-state index contributed by atoms with van der Waals surface area (Å²) in [5.41, 5.74) is 1.85. The zero-order valence-electron chi connectivity index (χ0n) is 21.2. The van der Waals surface area contributed by atoms with Crippen molar-refractivity contribution >= 4 is 46.1 Å². The molecular weight excluding hydrogens is 525 g/mol. The molecule has 1 fully saturated rings. The fourth-order valence-electron chi connectivity index (χ4n) is 3.88. The number of aliphatic imine (C=N–C) groups is 1. The second kappa shape index (κ2) is 12.4. The van der Waals surface area contributed by atoms with E-state index in [1.807, 2.05) is 12.1 Å². The molecule has 0 spiro atoms. The number of carbonyl (C=O) groups excluding carboxylic acids is 2. The lowest BCUT2D eigenvalue weighted by atomic mass is 10.1. The van der Waals surface area contributed by atoms with Crippen LogP contribution in [-0.2, 0) is 16.0 Å². The molecule has 4 rings (SSSR count). The van der Waals surface area contributed by atoms with Crippen LogP contribution >= 0.6 is 11.8 Å². The van der Waals surface area contributed by atoms with Gasteiger partial charge in [0.2, 0.25) is 11.8 Å². The molecule has 0 aliphatic carbocycles. The molecule has 0 bridgehead atoms. The number of rotatable bonds is 9. The molecule has 1 atom stereocenters. The van der Waals surface area contributed by atoms with Gasteiger partial charge >= 0.3 is 5.97 Å². The number of thioether (sulfide) groups is 1. The zero-order valence-corrected chi connectivity index (χ0v) is 22.0. The van der Waals surface area contributed by atoms with E-state index in [2.05, 4.69) is 10.3 Å². The van der Waals surface area contributed by atoms with Gasteiger partial charge in [0.1, 0.15) is 11.1 Å². The predicted octanol–water partition coefficient (Wildman–Crippen LogP) is 4.74. The third-order valence-corrected chi connectivity index (χ3v) is 7.14. The lowest BCUT2D eigenvalue weighted by Gasteiger charge is -2.32. The number of hydrogen-bond donors (Lipinski definition) is 2. The van der Waals surface area contributed by atoms with Gasteiger partial charge in [0, 0.05) is 18.7 Å². The molecule has 11 heteroatoms. The second-order valence-corrected chi connectivity index (χ2v) is 9.71. The highest BCUT2D eigenvalue weighted by atomic mass is 32.2. The summed E-state index contributed by atoms with van der Waals surface area (Å²) in [5, 5.41) is 11.4. The van der Waals surface area contributed by atoms with Crippen molar-refractivity contribution in [3.05, 3.63) is 83.7 Å². The van der Waals surface area contributed by atoms with E-state index in [0.717, 1.165) is 17.3 Å². The first-order valence-corrected chi connectivity index (χ1v) is 12.8. The number of anilines is 1. The van der Waals surface area contributed by atoms with Gasteiger partial charge in [-0.3, -0.25) is 14.5 Å². The summed E-state index contributed by atoms with van der Waals surface area (Å²) in [5.74, 6) is -1.02. The summed E-state index contributed by atoms with van der Waals surface area (Å²) in [6.45, 7) is 0.298. The number of amidine groups is 1. The Kier molecular flexibility index (Phi) is 8.82. The molecule has 1 aliphatic rings. The van der Waals surface area contributed by atoms with E-state index < -0.39 is 22.9 Å². The number of nitrogens with one attached hydrogen (secondary N) is 1. The predicted molar refractivity (Wildman–Crippen MR) is 146 cm³/mol. The first-order valence-electron chi connectivity index (χ1n) is 11.9. The third kappa shape index (κ3) is 6.94. The van der Waals surface area contributed by atoms with Crippen molar-refractivity contribution < 1.29 is 33.4 Å². The molecule has 1 unspecified atom stereocenters. The fourth-order valence-corrected chi connectivity index (χ4v) is 5.01. The van der Waals surface area contributed by atoms with Gasteiger partial charge in [-0.1, -0.05) is 17.8 Å². The van der Waals surface area contributed by atoms with Crippen LogP contribution in [0.5, 0.6) is 11.5 Å².